The molecule has 1 saturated carbocycles. The molecule has 2 bridgehead atoms. The van der Waals surface area contributed by atoms with Crippen LogP contribution in [-0.4, -0.2) is 70.9 Å². The molecule has 2 aromatic carbocycles. The van der Waals surface area contributed by atoms with Crippen molar-refractivity contribution in [3.8, 4) is 0 Å². The number of ether oxygens (including phenoxy) is 1. The second-order valence-corrected chi connectivity index (χ2v) is 14.3. The number of nitrogens with one attached hydrogen (secondary N) is 2. The Kier molecular flexibility index (Phi) is 9.81. The Bertz CT molecular complexity index is 1470. The summed E-state index contributed by atoms with van der Waals surface area (Å²) in [5, 5.41) is 7.02. The lowest BCUT2D eigenvalue weighted by atomic mass is 9.73. The predicted octanol–water partition coefficient (Wildman–Crippen LogP) is 5.94. The number of halogens is 2. The Balaban J connectivity index is 1.24. The number of fused-ring (bicyclic) bond motifs is 1. The van der Waals surface area contributed by atoms with Gasteiger partial charge in [-0.05, 0) is 55.0 Å². The normalized spacial score (nSPS) is 31.4. The summed E-state index contributed by atoms with van der Waals surface area (Å²) in [6.07, 6.45) is 6.88. The average molecular weight is 668 g/mol. The Labute approximate surface area is 281 Å². The molecular weight excluding hydrogens is 623 g/mol. The summed E-state index contributed by atoms with van der Waals surface area (Å²) in [7, 11) is 0. The SMILES string of the molecule is CCN(CCCN1C(=O)[C@@H]2C(C(=O)Nc3cc(Cl)cc(Cl)c3)[C@@H]3C=CC2(O3)C1C(=O)NC1CCCC(C)C1C)Cc1ccccc1. The summed E-state index contributed by atoms with van der Waals surface area (Å²) < 4.78 is 6.54. The van der Waals surface area contributed by atoms with Crippen LogP contribution in [0.25, 0.3) is 0 Å². The summed E-state index contributed by atoms with van der Waals surface area (Å²) in [6.45, 7) is 9.37. The molecule has 0 aromatic heterocycles. The maximum Gasteiger partial charge on any atom is 0.246 e. The van der Waals surface area contributed by atoms with Crippen LogP contribution in [0, 0.1) is 23.7 Å². The molecule has 46 heavy (non-hydrogen) atoms. The molecule has 1 spiro atoms. The molecular formula is C36H44Cl2N4O4. The minimum atomic E-state index is -1.21. The number of benzene rings is 2. The molecule has 3 heterocycles. The van der Waals surface area contributed by atoms with E-state index in [1.165, 1.54) is 5.56 Å². The van der Waals surface area contributed by atoms with Crippen molar-refractivity contribution in [1.82, 2.24) is 15.1 Å². The minimum Gasteiger partial charge on any atom is -0.359 e. The zero-order valence-corrected chi connectivity index (χ0v) is 28.3. The molecule has 0 radical (unpaired) electrons. The number of hydrogen-bond acceptors (Lipinski definition) is 5. The van der Waals surface area contributed by atoms with Crippen LogP contribution in [0.15, 0.2) is 60.7 Å². The van der Waals surface area contributed by atoms with Gasteiger partial charge in [0.2, 0.25) is 17.7 Å². The fourth-order valence-corrected chi connectivity index (χ4v) is 8.59. The highest BCUT2D eigenvalue weighted by Crippen LogP contribution is 2.55. The quantitative estimate of drug-likeness (QED) is 0.290. The van der Waals surface area contributed by atoms with Gasteiger partial charge in [-0.15, -0.1) is 0 Å². The Morgan fingerprint density at radius 2 is 1.80 bits per heavy atom. The summed E-state index contributed by atoms with van der Waals surface area (Å²) in [6, 6.07) is 14.3. The predicted molar refractivity (Wildman–Crippen MR) is 180 cm³/mol. The Morgan fingerprint density at radius 3 is 2.52 bits per heavy atom. The van der Waals surface area contributed by atoms with Gasteiger partial charge < -0.3 is 20.3 Å². The monoisotopic (exact) mass is 666 g/mol. The third kappa shape index (κ3) is 6.34. The van der Waals surface area contributed by atoms with Gasteiger partial charge in [0.05, 0.1) is 17.9 Å². The number of amides is 3. The third-order valence-electron chi connectivity index (χ3n) is 10.7. The minimum absolute atomic E-state index is 0.0272. The molecule has 2 saturated heterocycles. The van der Waals surface area contributed by atoms with Crippen molar-refractivity contribution in [3.63, 3.8) is 0 Å². The van der Waals surface area contributed by atoms with Crippen LogP contribution in [0.3, 0.4) is 0 Å². The van der Waals surface area contributed by atoms with E-state index in [0.717, 1.165) is 38.9 Å². The smallest absolute Gasteiger partial charge is 0.246 e. The van der Waals surface area contributed by atoms with E-state index in [-0.39, 0.29) is 23.8 Å². The molecule has 8 nitrogen and oxygen atoms in total. The van der Waals surface area contributed by atoms with Crippen LogP contribution >= 0.6 is 23.2 Å². The van der Waals surface area contributed by atoms with Gasteiger partial charge in [0.1, 0.15) is 11.6 Å². The van der Waals surface area contributed by atoms with Gasteiger partial charge in [-0.3, -0.25) is 19.3 Å². The van der Waals surface area contributed by atoms with E-state index in [0.29, 0.717) is 40.5 Å². The van der Waals surface area contributed by atoms with Gasteiger partial charge in [-0.25, -0.2) is 0 Å². The van der Waals surface area contributed by atoms with Crippen LogP contribution in [0.1, 0.15) is 52.0 Å². The van der Waals surface area contributed by atoms with E-state index >= 15 is 0 Å². The van der Waals surface area contributed by atoms with Crippen LogP contribution in [0.2, 0.25) is 10.0 Å². The van der Waals surface area contributed by atoms with E-state index < -0.39 is 29.6 Å². The summed E-state index contributed by atoms with van der Waals surface area (Å²) in [5.74, 6) is -1.56. The van der Waals surface area contributed by atoms with Gasteiger partial charge in [0.25, 0.3) is 0 Å². The van der Waals surface area contributed by atoms with Crippen molar-refractivity contribution in [2.24, 2.45) is 23.7 Å². The summed E-state index contributed by atoms with van der Waals surface area (Å²) >= 11 is 12.4. The lowest BCUT2D eigenvalue weighted by Crippen LogP contribution is -2.58. The molecule has 3 aliphatic heterocycles. The average Bonchev–Trinajstić information content (AvgIpc) is 3.66. The first-order valence-electron chi connectivity index (χ1n) is 16.6. The molecule has 10 heteroatoms. The Morgan fingerprint density at radius 1 is 1.07 bits per heavy atom. The highest BCUT2D eigenvalue weighted by Gasteiger charge is 2.72. The van der Waals surface area contributed by atoms with Gasteiger partial charge in [-0.1, -0.05) is 99.3 Å². The van der Waals surface area contributed by atoms with Crippen LogP contribution in [0.5, 0.6) is 0 Å². The van der Waals surface area contributed by atoms with Crippen LogP contribution < -0.4 is 10.6 Å². The molecule has 8 atom stereocenters. The van der Waals surface area contributed by atoms with Gasteiger partial charge in [0, 0.05) is 41.4 Å². The molecule has 6 rings (SSSR count). The maximum absolute atomic E-state index is 14.4. The van der Waals surface area contributed by atoms with Gasteiger partial charge >= 0.3 is 0 Å². The zero-order chi connectivity index (χ0) is 32.6. The van der Waals surface area contributed by atoms with Gasteiger partial charge in [-0.2, -0.15) is 0 Å². The number of carbonyl (C=O) groups excluding carboxylic acids is 3. The molecule has 6 unspecified atom stereocenters. The van der Waals surface area contributed by atoms with Crippen molar-refractivity contribution in [2.45, 2.75) is 76.8 Å². The molecule has 2 N–H and O–H groups in total. The fraction of sp³-hybridized carbons (Fsp3) is 0.528. The van der Waals surface area contributed by atoms with Gasteiger partial charge in [0.15, 0.2) is 0 Å². The summed E-state index contributed by atoms with van der Waals surface area (Å²) in [4.78, 5) is 46.6. The van der Waals surface area contributed by atoms with E-state index in [2.05, 4.69) is 48.4 Å². The first-order valence-corrected chi connectivity index (χ1v) is 17.4. The first kappa shape index (κ1) is 33.0. The summed E-state index contributed by atoms with van der Waals surface area (Å²) in [5.41, 5.74) is 0.463. The van der Waals surface area contributed by atoms with Crippen LogP contribution in [-0.2, 0) is 25.7 Å². The molecule has 2 aromatic rings. The number of likely N-dealkylation sites (tertiary alicyclic amines) is 1. The van der Waals surface area contributed by atoms with Crippen molar-refractivity contribution in [1.29, 1.82) is 0 Å². The van der Waals surface area contributed by atoms with Crippen molar-refractivity contribution < 1.29 is 19.1 Å². The molecule has 3 amide bonds. The first-order chi connectivity index (χ1) is 22.1. The number of rotatable bonds is 11. The topological polar surface area (TPSA) is 91.0 Å². The Hall–Kier alpha value is -2.91. The molecule has 1 aliphatic carbocycles. The lowest BCUT2D eigenvalue weighted by Gasteiger charge is -2.38. The van der Waals surface area contributed by atoms with Crippen LogP contribution in [0.4, 0.5) is 5.69 Å². The zero-order valence-electron chi connectivity index (χ0n) is 26.8. The fourth-order valence-electron chi connectivity index (χ4n) is 8.06. The second-order valence-electron chi connectivity index (χ2n) is 13.5. The molecule has 246 valence electrons. The molecule has 4 aliphatic rings. The third-order valence-corrected chi connectivity index (χ3v) is 11.1. The maximum atomic E-state index is 14.4. The number of anilines is 1. The number of nitrogens with zero attached hydrogens (tertiary/aromatic N) is 2. The lowest BCUT2D eigenvalue weighted by molar-refractivity contribution is -0.141. The molecule has 3 fully saturated rings. The second kappa shape index (κ2) is 13.7. The highest BCUT2D eigenvalue weighted by atomic mass is 35.5. The van der Waals surface area contributed by atoms with E-state index in [1.54, 1.807) is 23.1 Å². The van der Waals surface area contributed by atoms with E-state index in [9.17, 15) is 14.4 Å². The highest BCUT2D eigenvalue weighted by molar-refractivity contribution is 6.35. The van der Waals surface area contributed by atoms with E-state index in [4.69, 9.17) is 27.9 Å². The number of carbonyl (C=O) groups is 3. The number of hydrogen-bond donors (Lipinski definition) is 2. The standard InChI is InChI=1S/C36H44Cl2N4O4/c1-4-41(21-24-11-6-5-7-12-24)16-9-17-42-32(34(44)40-28-13-8-10-22(2)23(28)3)36-15-14-29(46-36)30(31(36)35(42)45)33(43)39-27-19-25(37)18-26(38)20-27/h5-7,11-12,14-15,18-20,22-23,28-32H,4,8-10,13,16-17,21H2,1-3H3,(H,39,43)(H,40,44)/t22?,23?,28?,29-,30?,31-,32?,36?/m0/s1. The van der Waals surface area contributed by atoms with Crippen molar-refractivity contribution in [2.75, 3.05) is 25.0 Å². The van der Waals surface area contributed by atoms with E-state index in [1.807, 2.05) is 30.4 Å². The largest absolute Gasteiger partial charge is 0.359 e. The van der Waals surface area contributed by atoms with Crippen molar-refractivity contribution in [3.05, 3.63) is 76.3 Å². The van der Waals surface area contributed by atoms with Crippen molar-refractivity contribution >= 4 is 46.6 Å².